The van der Waals surface area contributed by atoms with Crippen LogP contribution in [0.25, 0.3) is 11.3 Å². The summed E-state index contributed by atoms with van der Waals surface area (Å²) in [6.45, 7) is 7.53. The van der Waals surface area contributed by atoms with E-state index < -0.39 is 11.7 Å². The molecule has 1 atom stereocenters. The van der Waals surface area contributed by atoms with Crippen molar-refractivity contribution in [3.05, 3.63) is 29.2 Å². The number of fused-ring (bicyclic) bond motifs is 1. The first-order valence-electron chi connectivity index (χ1n) is 13.1. The van der Waals surface area contributed by atoms with Gasteiger partial charge in [-0.05, 0) is 63.9 Å². The van der Waals surface area contributed by atoms with Crippen molar-refractivity contribution in [2.24, 2.45) is 5.92 Å². The fourth-order valence-electron chi connectivity index (χ4n) is 5.53. The molecule has 8 nitrogen and oxygen atoms in total. The number of amides is 1. The minimum atomic E-state index is -4.63. The highest BCUT2D eigenvalue weighted by Gasteiger charge is 2.38. The number of aromatic amines is 1. The third-order valence-electron chi connectivity index (χ3n) is 7.79. The van der Waals surface area contributed by atoms with Crippen LogP contribution in [0, 0.1) is 5.92 Å². The molecule has 2 fully saturated rings. The Morgan fingerprint density at radius 2 is 2.03 bits per heavy atom. The Balaban J connectivity index is 1.43. The van der Waals surface area contributed by atoms with Crippen molar-refractivity contribution in [2.75, 3.05) is 38.2 Å². The van der Waals surface area contributed by atoms with Crippen LogP contribution in [-0.4, -0.2) is 70.2 Å². The van der Waals surface area contributed by atoms with Crippen molar-refractivity contribution in [1.82, 2.24) is 25.2 Å². The Morgan fingerprint density at radius 1 is 1.24 bits per heavy atom. The zero-order valence-electron chi connectivity index (χ0n) is 21.4. The Bertz CT molecular complexity index is 1120. The number of ether oxygens (including phenoxy) is 1. The third-order valence-corrected chi connectivity index (χ3v) is 7.79. The minimum absolute atomic E-state index is 0.0151. The van der Waals surface area contributed by atoms with Crippen molar-refractivity contribution >= 4 is 11.9 Å². The molecule has 202 valence electrons. The molecule has 0 aromatic carbocycles. The quantitative estimate of drug-likeness (QED) is 0.546. The van der Waals surface area contributed by atoms with E-state index in [2.05, 4.69) is 39.4 Å². The minimum Gasteiger partial charge on any atom is -0.381 e. The van der Waals surface area contributed by atoms with Crippen LogP contribution in [0.5, 0.6) is 0 Å². The number of nitrogens with zero attached hydrogens (tertiary/aromatic N) is 3. The van der Waals surface area contributed by atoms with Crippen LogP contribution >= 0.6 is 0 Å². The lowest BCUT2D eigenvalue weighted by Crippen LogP contribution is -2.50. The summed E-state index contributed by atoms with van der Waals surface area (Å²) >= 11 is 0. The molecule has 2 aromatic heterocycles. The normalized spacial score (nSPS) is 23.0. The van der Waals surface area contributed by atoms with E-state index in [-0.39, 0.29) is 29.1 Å². The number of rotatable bonds is 5. The molecule has 5 rings (SSSR count). The van der Waals surface area contributed by atoms with Gasteiger partial charge in [-0.3, -0.25) is 4.79 Å². The van der Waals surface area contributed by atoms with Gasteiger partial charge < -0.3 is 25.3 Å². The molecule has 0 radical (unpaired) electrons. The molecule has 0 saturated carbocycles. The van der Waals surface area contributed by atoms with E-state index in [0.717, 1.165) is 31.9 Å². The van der Waals surface area contributed by atoms with Gasteiger partial charge in [-0.2, -0.15) is 13.2 Å². The summed E-state index contributed by atoms with van der Waals surface area (Å²) in [5, 5.41) is 6.65. The van der Waals surface area contributed by atoms with Crippen LogP contribution in [0.4, 0.5) is 19.1 Å². The van der Waals surface area contributed by atoms with Crippen LogP contribution in [0.2, 0.25) is 0 Å². The maximum absolute atomic E-state index is 14.0. The zero-order valence-corrected chi connectivity index (χ0v) is 21.4. The Hall–Kier alpha value is -2.66. The number of aromatic nitrogens is 3. The summed E-state index contributed by atoms with van der Waals surface area (Å²) in [6, 6.07) is 0.0151. The fourth-order valence-corrected chi connectivity index (χ4v) is 5.53. The Kier molecular flexibility index (Phi) is 7.19. The molecule has 0 bridgehead atoms. The zero-order chi connectivity index (χ0) is 26.2. The molecule has 5 heterocycles. The number of nitrogens with one attached hydrogen (secondary N) is 3. The van der Waals surface area contributed by atoms with Crippen LogP contribution in [-0.2, 0) is 17.3 Å². The molecule has 3 aliphatic rings. The fraction of sp³-hybridized carbons (Fsp3) is 0.654. The van der Waals surface area contributed by atoms with Gasteiger partial charge in [0.2, 0.25) is 5.95 Å². The highest BCUT2D eigenvalue weighted by Crippen LogP contribution is 2.39. The van der Waals surface area contributed by atoms with Crippen molar-refractivity contribution < 1.29 is 22.7 Å². The third kappa shape index (κ3) is 5.77. The molecule has 2 saturated heterocycles. The smallest absolute Gasteiger partial charge is 0.381 e. The van der Waals surface area contributed by atoms with Crippen LogP contribution in [0.1, 0.15) is 67.6 Å². The molecular weight excluding hydrogens is 485 g/mol. The van der Waals surface area contributed by atoms with Crippen molar-refractivity contribution in [1.29, 1.82) is 0 Å². The van der Waals surface area contributed by atoms with Crippen molar-refractivity contribution in [2.45, 2.75) is 70.1 Å². The van der Waals surface area contributed by atoms with Gasteiger partial charge in [0.25, 0.3) is 5.91 Å². The van der Waals surface area contributed by atoms with E-state index in [9.17, 15) is 18.0 Å². The van der Waals surface area contributed by atoms with E-state index in [1.807, 2.05) is 4.90 Å². The summed E-state index contributed by atoms with van der Waals surface area (Å²) in [7, 11) is 0. The van der Waals surface area contributed by atoms with E-state index in [4.69, 9.17) is 4.74 Å². The predicted octanol–water partition coefficient (Wildman–Crippen LogP) is 4.25. The van der Waals surface area contributed by atoms with Gasteiger partial charge in [0.05, 0.1) is 5.69 Å². The molecule has 37 heavy (non-hydrogen) atoms. The summed E-state index contributed by atoms with van der Waals surface area (Å²) < 4.78 is 47.5. The topological polar surface area (TPSA) is 95.2 Å². The lowest BCUT2D eigenvalue weighted by atomic mass is 9.91. The first-order valence-corrected chi connectivity index (χ1v) is 13.1. The lowest BCUT2D eigenvalue weighted by Gasteiger charge is -2.36. The van der Waals surface area contributed by atoms with Gasteiger partial charge in [0.1, 0.15) is 11.3 Å². The number of carbonyl (C=O) groups is 1. The number of carbonyl (C=O) groups excluding carboxylic acids is 1. The SMILES string of the molecule is CC1(C)CCC(Nc2ncc(C(F)(F)F)c(-c3c[nH]c4c3CCCN(CC3CCOCC3)C4=O)n2)CN1. The van der Waals surface area contributed by atoms with Crippen molar-refractivity contribution in [3.8, 4) is 11.3 Å². The van der Waals surface area contributed by atoms with Crippen LogP contribution < -0.4 is 10.6 Å². The summed E-state index contributed by atoms with van der Waals surface area (Å²) in [5.74, 6) is 0.369. The molecule has 3 N–H and O–H groups in total. The number of anilines is 1. The Labute approximate surface area is 214 Å². The average Bonchev–Trinajstić information content (AvgIpc) is 3.21. The molecule has 0 aliphatic carbocycles. The number of alkyl halides is 3. The van der Waals surface area contributed by atoms with Gasteiger partial charge in [0, 0.05) is 62.4 Å². The van der Waals surface area contributed by atoms with Crippen LogP contribution in [0.15, 0.2) is 12.4 Å². The average molecular weight is 521 g/mol. The number of halogens is 3. The molecular formula is C26H35F3N6O2. The maximum Gasteiger partial charge on any atom is 0.419 e. The largest absolute Gasteiger partial charge is 0.419 e. The molecule has 1 amide bonds. The maximum atomic E-state index is 14.0. The second kappa shape index (κ2) is 10.2. The first kappa shape index (κ1) is 26.0. The monoisotopic (exact) mass is 520 g/mol. The molecule has 1 unspecified atom stereocenters. The number of hydrogen-bond acceptors (Lipinski definition) is 6. The summed E-state index contributed by atoms with van der Waals surface area (Å²) in [4.78, 5) is 26.6. The second-order valence-electron chi connectivity index (χ2n) is 11.1. The Morgan fingerprint density at radius 3 is 2.73 bits per heavy atom. The standard InChI is InChI=1S/C26H35F3N6O2/c1-25(2)8-5-17(12-32-25)33-24-31-14-20(26(27,28)29)21(34-24)19-13-30-22-18(19)4-3-9-35(23(22)36)15-16-6-10-37-11-7-16/h13-14,16-17,30,32H,3-12,15H2,1-2H3,(H,31,33,34). The number of piperidine rings is 1. The van der Waals surface area contributed by atoms with Gasteiger partial charge in [0.15, 0.2) is 0 Å². The summed E-state index contributed by atoms with van der Waals surface area (Å²) in [5.41, 5.74) is 0.195. The lowest BCUT2D eigenvalue weighted by molar-refractivity contribution is -0.137. The van der Waals surface area contributed by atoms with E-state index >= 15 is 0 Å². The second-order valence-corrected chi connectivity index (χ2v) is 11.1. The highest BCUT2D eigenvalue weighted by atomic mass is 19.4. The molecule has 11 heteroatoms. The van der Waals surface area contributed by atoms with Gasteiger partial charge in [-0.1, -0.05) is 0 Å². The molecule has 3 aliphatic heterocycles. The first-order chi connectivity index (χ1) is 17.6. The van der Waals surface area contributed by atoms with E-state index in [1.54, 1.807) is 0 Å². The number of hydrogen-bond donors (Lipinski definition) is 3. The van der Waals surface area contributed by atoms with Gasteiger partial charge in [-0.15, -0.1) is 0 Å². The molecule has 2 aromatic rings. The summed E-state index contributed by atoms with van der Waals surface area (Å²) in [6.07, 6.45) is 2.49. The van der Waals surface area contributed by atoms with Gasteiger partial charge in [-0.25, -0.2) is 9.97 Å². The van der Waals surface area contributed by atoms with Gasteiger partial charge >= 0.3 is 6.18 Å². The van der Waals surface area contributed by atoms with Crippen LogP contribution in [0.3, 0.4) is 0 Å². The predicted molar refractivity (Wildman–Crippen MR) is 133 cm³/mol. The van der Waals surface area contributed by atoms with E-state index in [0.29, 0.717) is 68.4 Å². The number of H-pyrrole nitrogens is 1. The highest BCUT2D eigenvalue weighted by molar-refractivity contribution is 5.96. The molecule has 0 spiro atoms. The van der Waals surface area contributed by atoms with E-state index in [1.165, 1.54) is 6.20 Å². The van der Waals surface area contributed by atoms with Crippen molar-refractivity contribution in [3.63, 3.8) is 0 Å².